The third kappa shape index (κ3) is 13.7. The summed E-state index contributed by atoms with van der Waals surface area (Å²) in [6, 6.07) is 7.15. The number of aldehydes is 1. The minimum Gasteiger partial charge on any atom is -0.657 e. The summed E-state index contributed by atoms with van der Waals surface area (Å²) in [4.78, 5) is 56.2. The fourth-order valence-electron chi connectivity index (χ4n) is 8.37. The molecule has 0 saturated heterocycles. The van der Waals surface area contributed by atoms with Crippen LogP contribution in [0.25, 0.3) is 50.4 Å². The predicted octanol–water partition coefficient (Wildman–Crippen LogP) is 12.0. The van der Waals surface area contributed by atoms with Crippen molar-refractivity contribution < 1.29 is 46.8 Å². The maximum Gasteiger partial charge on any atom is 0.303 e. The van der Waals surface area contributed by atoms with E-state index in [2.05, 4.69) is 65.5 Å². The van der Waals surface area contributed by atoms with Gasteiger partial charge in [-0.25, -0.2) is 9.97 Å². The Bertz CT molecular complexity index is 2660. The van der Waals surface area contributed by atoms with Crippen molar-refractivity contribution in [1.82, 2.24) is 19.9 Å². The van der Waals surface area contributed by atoms with Gasteiger partial charge in [0.2, 0.25) is 0 Å². The van der Waals surface area contributed by atoms with Crippen molar-refractivity contribution in [3.63, 3.8) is 0 Å². The number of aliphatic hydroxyl groups excluding tert-OH is 1. The molecule has 8 bridgehead atoms. The number of aliphatic hydroxyl groups is 1. The van der Waals surface area contributed by atoms with Gasteiger partial charge in [0.25, 0.3) is 0 Å². The Balaban J connectivity index is 0.00000925. The molecular formula is C54H64FeN4O6-2. The Morgan fingerprint density at radius 3 is 1.78 bits per heavy atom. The summed E-state index contributed by atoms with van der Waals surface area (Å²) in [7, 11) is 0. The Morgan fingerprint density at radius 2 is 1.20 bits per heavy atom. The average molecular weight is 921 g/mol. The van der Waals surface area contributed by atoms with Crippen LogP contribution in [-0.2, 0) is 37.9 Å². The first kappa shape index (κ1) is 52.0. The molecule has 3 N–H and O–H groups in total. The maximum absolute atomic E-state index is 12.8. The van der Waals surface area contributed by atoms with Gasteiger partial charge in [-0.2, -0.15) is 0 Å². The number of carbonyl (C=O) groups is 3. The Labute approximate surface area is 394 Å². The van der Waals surface area contributed by atoms with Crippen LogP contribution in [0, 0.1) is 13.8 Å². The van der Waals surface area contributed by atoms with Crippen molar-refractivity contribution >= 4 is 68.7 Å². The van der Waals surface area contributed by atoms with Crippen molar-refractivity contribution in [2.45, 2.75) is 139 Å². The summed E-state index contributed by atoms with van der Waals surface area (Å²) < 4.78 is 0. The van der Waals surface area contributed by atoms with Gasteiger partial charge >= 0.3 is 11.9 Å². The van der Waals surface area contributed by atoms with E-state index in [4.69, 9.17) is 19.9 Å². The number of hydrogen-bond acceptors (Lipinski definition) is 6. The molecule has 0 radical (unpaired) electrons. The molecule has 346 valence electrons. The zero-order chi connectivity index (χ0) is 46.7. The van der Waals surface area contributed by atoms with E-state index < -0.39 is 18.0 Å². The zero-order valence-corrected chi connectivity index (χ0v) is 40.4. The molecule has 65 heavy (non-hydrogen) atoms. The van der Waals surface area contributed by atoms with E-state index in [9.17, 15) is 29.7 Å². The van der Waals surface area contributed by atoms with Gasteiger partial charge in [0.15, 0.2) is 6.29 Å². The van der Waals surface area contributed by atoms with E-state index in [0.29, 0.717) is 80.7 Å². The molecule has 3 aromatic heterocycles. The van der Waals surface area contributed by atoms with E-state index >= 15 is 0 Å². The fourth-order valence-corrected chi connectivity index (χ4v) is 8.37. The number of fused-ring (bicyclic) bond motifs is 8. The molecule has 10 nitrogen and oxygen atoms in total. The number of allylic oxidation sites excluding steroid dienone is 11. The van der Waals surface area contributed by atoms with Crippen LogP contribution in [0.1, 0.15) is 157 Å². The number of aliphatic carboxylic acids is 2. The van der Waals surface area contributed by atoms with E-state index in [1.165, 1.54) is 22.3 Å². The molecule has 5 rings (SSSR count). The van der Waals surface area contributed by atoms with Crippen LogP contribution >= 0.6 is 0 Å². The first-order chi connectivity index (χ1) is 30.5. The molecule has 0 aromatic carbocycles. The summed E-state index contributed by atoms with van der Waals surface area (Å²) in [5.41, 5.74) is 14.8. The normalized spacial score (nSPS) is 13.8. The van der Waals surface area contributed by atoms with Gasteiger partial charge in [0.1, 0.15) is 0 Å². The molecule has 0 saturated carbocycles. The number of carboxylic acid groups (broad SMARTS) is 2. The fraction of sp³-hybridized carbons (Fsp3) is 0.389. The van der Waals surface area contributed by atoms with Gasteiger partial charge in [-0.1, -0.05) is 94.1 Å². The quantitative estimate of drug-likeness (QED) is 0.0532. The molecule has 11 heteroatoms. The summed E-state index contributed by atoms with van der Waals surface area (Å²) in [5.74, 6) is -1.98. The van der Waals surface area contributed by atoms with Crippen LogP contribution in [0.4, 0.5) is 0 Å². The van der Waals surface area contributed by atoms with Crippen LogP contribution in [0.3, 0.4) is 0 Å². The molecule has 3 aromatic rings. The number of rotatable bonds is 21. The monoisotopic (exact) mass is 920 g/mol. The van der Waals surface area contributed by atoms with Gasteiger partial charge in [0, 0.05) is 41.1 Å². The first-order valence-corrected chi connectivity index (χ1v) is 22.4. The van der Waals surface area contributed by atoms with Gasteiger partial charge in [-0.15, -0.1) is 22.1 Å². The number of hydrogen-bond donors (Lipinski definition) is 3. The topological polar surface area (TPSA) is 166 Å². The van der Waals surface area contributed by atoms with Crippen LogP contribution < -0.4 is 9.97 Å². The SMILES string of the molecule is C=Cc1c(C)c2cc3nc(cc4nc(cc5[n-]c(cc1[n-]2)c(C)c5CCC(=O)O)C(CCC(=O)O)=C4C=O)C(C)=C3[C@@H](O)CC/C=C(\C)CC/C=C(\C)CC/C=C(\C)CCC=C(C)C.[Fe]. The van der Waals surface area contributed by atoms with Crippen LogP contribution in [-0.4, -0.2) is 49.6 Å². The van der Waals surface area contributed by atoms with Gasteiger partial charge in [-0.05, 0) is 142 Å². The largest absolute Gasteiger partial charge is 0.657 e. The molecule has 0 aliphatic carbocycles. The zero-order valence-electron chi connectivity index (χ0n) is 39.3. The molecule has 0 fully saturated rings. The molecule has 2 aliphatic heterocycles. The molecule has 1 atom stereocenters. The summed E-state index contributed by atoms with van der Waals surface area (Å²) in [5, 5.41) is 31.2. The molecular weight excluding hydrogens is 856 g/mol. The van der Waals surface area contributed by atoms with Gasteiger partial charge in [-0.3, -0.25) is 14.4 Å². The van der Waals surface area contributed by atoms with Crippen LogP contribution in [0.5, 0.6) is 0 Å². The van der Waals surface area contributed by atoms with Crippen molar-refractivity contribution in [2.75, 3.05) is 0 Å². The molecule has 0 amide bonds. The Morgan fingerprint density at radius 1 is 0.662 bits per heavy atom. The van der Waals surface area contributed by atoms with Gasteiger partial charge < -0.3 is 25.3 Å². The van der Waals surface area contributed by atoms with E-state index in [1.54, 1.807) is 18.2 Å². The second kappa shape index (κ2) is 24.1. The standard InChI is InChI=1S/C54H66N4O6.Fe/c1-10-39-36(7)44-29-50-54(51(60)22-14-21-35(6)20-13-19-34(5)18-12-17-33(4)16-11-15-32(2)3)38(9)45(57-50)28-49-42(31-59)41(24-26-53(63)64)48(58-49)30-47-40(23-25-52(61)62)37(8)43(56-47)27-46(39)55-44;/h10,15,17,19,21,27-31,51,60H,1,11-14,16,18,20,22-26H2,2-9H3,(H4,55,56,57,58,59,61,62,63,64);/p-2/b33-17+,34-19+,35-21+,43-27?,44-29?,45-28?,46-27?,47-30?,48-30?,49-28?,50-29?;/t51-;/m0./s1. The summed E-state index contributed by atoms with van der Waals surface area (Å²) >= 11 is 0. The minimum absolute atomic E-state index is 0. The smallest absolute Gasteiger partial charge is 0.303 e. The van der Waals surface area contributed by atoms with E-state index in [0.717, 1.165) is 60.8 Å². The number of aromatic nitrogens is 4. The molecule has 0 spiro atoms. The second-order valence-electron chi connectivity index (χ2n) is 17.4. The van der Waals surface area contributed by atoms with Crippen molar-refractivity contribution in [2.24, 2.45) is 0 Å². The molecule has 5 heterocycles. The van der Waals surface area contributed by atoms with Crippen molar-refractivity contribution in [1.29, 1.82) is 0 Å². The number of carboxylic acids is 2. The van der Waals surface area contributed by atoms with Crippen LogP contribution in [0.15, 0.2) is 77.4 Å². The van der Waals surface area contributed by atoms with Crippen LogP contribution in [0.2, 0.25) is 0 Å². The third-order valence-corrected chi connectivity index (χ3v) is 12.2. The predicted molar refractivity (Wildman–Crippen MR) is 260 cm³/mol. The number of carbonyl (C=O) groups excluding carboxylic acids is 1. The number of nitrogens with zero attached hydrogens (tertiary/aromatic N) is 4. The summed E-state index contributed by atoms with van der Waals surface area (Å²) in [6.07, 6.45) is 18.0. The Hall–Kier alpha value is -5.61. The van der Waals surface area contributed by atoms with Crippen molar-refractivity contribution in [3.8, 4) is 0 Å². The second-order valence-corrected chi connectivity index (χ2v) is 17.4. The number of aryl methyl sites for hydroxylation is 3. The van der Waals surface area contributed by atoms with Gasteiger partial charge in [0.05, 0.1) is 28.9 Å². The first-order valence-electron chi connectivity index (χ1n) is 22.4. The Kier molecular flexibility index (Phi) is 19.3. The third-order valence-electron chi connectivity index (χ3n) is 12.2. The van der Waals surface area contributed by atoms with Crippen molar-refractivity contribution in [3.05, 3.63) is 122 Å². The van der Waals surface area contributed by atoms with E-state index in [1.807, 2.05) is 32.9 Å². The maximum atomic E-state index is 12.8. The molecule has 0 unspecified atom stereocenters. The minimum atomic E-state index is -1.02. The van der Waals surface area contributed by atoms with E-state index in [-0.39, 0.29) is 48.3 Å². The summed E-state index contributed by atoms with van der Waals surface area (Å²) in [6.45, 7) is 20.7. The average Bonchev–Trinajstić information content (AvgIpc) is 3.91. The molecule has 2 aliphatic rings.